The molecule has 1 fully saturated rings. The maximum atomic E-state index is 13.4. The lowest BCUT2D eigenvalue weighted by atomic mass is 10.1. The van der Waals surface area contributed by atoms with Gasteiger partial charge in [0.25, 0.3) is 0 Å². The highest BCUT2D eigenvalue weighted by molar-refractivity contribution is 5.83. The molecule has 0 radical (unpaired) electrons. The van der Waals surface area contributed by atoms with Gasteiger partial charge in [0.2, 0.25) is 5.95 Å². The molecule has 3 heterocycles. The van der Waals surface area contributed by atoms with Gasteiger partial charge in [0.1, 0.15) is 5.82 Å². The van der Waals surface area contributed by atoms with Gasteiger partial charge in [-0.3, -0.25) is 9.89 Å². The number of anilines is 1. The molecule has 0 amide bonds. The SMILES string of the molecule is CCNC(=NCCN1CCN(c2ncccn2)CC1)NCCc1c[nH]c2cc(F)ccc12. The van der Waals surface area contributed by atoms with E-state index < -0.39 is 0 Å². The van der Waals surface area contributed by atoms with E-state index in [4.69, 9.17) is 4.99 Å². The van der Waals surface area contributed by atoms with Gasteiger partial charge in [-0.1, -0.05) is 0 Å². The van der Waals surface area contributed by atoms with Gasteiger partial charge in [-0.2, -0.15) is 0 Å². The fraction of sp³-hybridized carbons (Fsp3) is 0.435. The molecule has 8 nitrogen and oxygen atoms in total. The van der Waals surface area contributed by atoms with E-state index in [0.29, 0.717) is 0 Å². The second-order valence-corrected chi connectivity index (χ2v) is 7.82. The summed E-state index contributed by atoms with van der Waals surface area (Å²) in [6.07, 6.45) is 6.36. The zero-order valence-corrected chi connectivity index (χ0v) is 18.5. The first-order valence-electron chi connectivity index (χ1n) is 11.2. The van der Waals surface area contributed by atoms with Crippen molar-refractivity contribution in [3.05, 3.63) is 54.2 Å². The van der Waals surface area contributed by atoms with Gasteiger partial charge in [-0.15, -0.1) is 0 Å². The molecule has 9 heteroatoms. The Balaban J connectivity index is 1.22. The third kappa shape index (κ3) is 5.73. The van der Waals surface area contributed by atoms with Crippen molar-refractivity contribution >= 4 is 22.8 Å². The van der Waals surface area contributed by atoms with Crippen LogP contribution < -0.4 is 15.5 Å². The number of hydrogen-bond acceptors (Lipinski definition) is 5. The summed E-state index contributed by atoms with van der Waals surface area (Å²) in [6.45, 7) is 9.13. The highest BCUT2D eigenvalue weighted by Crippen LogP contribution is 2.19. The highest BCUT2D eigenvalue weighted by Gasteiger charge is 2.18. The molecule has 2 aromatic heterocycles. The number of hydrogen-bond donors (Lipinski definition) is 3. The number of rotatable bonds is 8. The lowest BCUT2D eigenvalue weighted by Gasteiger charge is -2.34. The van der Waals surface area contributed by atoms with Crippen molar-refractivity contribution in [3.63, 3.8) is 0 Å². The zero-order chi connectivity index (χ0) is 22.2. The Morgan fingerprint density at radius 3 is 2.75 bits per heavy atom. The second-order valence-electron chi connectivity index (χ2n) is 7.82. The zero-order valence-electron chi connectivity index (χ0n) is 18.5. The molecular weight excluding hydrogens is 407 g/mol. The predicted molar refractivity (Wildman–Crippen MR) is 127 cm³/mol. The van der Waals surface area contributed by atoms with Crippen LogP contribution in [0.5, 0.6) is 0 Å². The van der Waals surface area contributed by atoms with E-state index in [-0.39, 0.29) is 5.82 Å². The molecule has 1 aliphatic rings. The summed E-state index contributed by atoms with van der Waals surface area (Å²) in [4.78, 5) is 21.2. The monoisotopic (exact) mass is 438 g/mol. The van der Waals surface area contributed by atoms with Crippen LogP contribution in [0.2, 0.25) is 0 Å². The third-order valence-electron chi connectivity index (χ3n) is 5.65. The van der Waals surface area contributed by atoms with Crippen LogP contribution in [0.4, 0.5) is 10.3 Å². The Morgan fingerprint density at radius 2 is 1.97 bits per heavy atom. The summed E-state index contributed by atoms with van der Waals surface area (Å²) in [7, 11) is 0. The molecule has 3 N–H and O–H groups in total. The smallest absolute Gasteiger partial charge is 0.225 e. The minimum absolute atomic E-state index is 0.222. The average Bonchev–Trinajstić information content (AvgIpc) is 3.22. The Morgan fingerprint density at radius 1 is 1.16 bits per heavy atom. The van der Waals surface area contributed by atoms with Gasteiger partial charge < -0.3 is 20.5 Å². The molecule has 3 aromatic rings. The molecule has 170 valence electrons. The molecule has 4 rings (SSSR count). The fourth-order valence-electron chi connectivity index (χ4n) is 3.95. The van der Waals surface area contributed by atoms with Crippen LogP contribution >= 0.6 is 0 Å². The summed E-state index contributed by atoms with van der Waals surface area (Å²) in [5.74, 6) is 1.42. The van der Waals surface area contributed by atoms with Gasteiger partial charge in [0.15, 0.2) is 5.96 Å². The molecule has 0 saturated carbocycles. The molecule has 0 spiro atoms. The number of benzene rings is 1. The molecule has 0 atom stereocenters. The van der Waals surface area contributed by atoms with Crippen molar-refractivity contribution in [2.45, 2.75) is 13.3 Å². The normalized spacial score (nSPS) is 15.3. The molecule has 0 unspecified atom stereocenters. The van der Waals surface area contributed by atoms with Crippen molar-refractivity contribution in [2.24, 2.45) is 4.99 Å². The van der Waals surface area contributed by atoms with Crippen LogP contribution in [0, 0.1) is 5.82 Å². The molecule has 1 aromatic carbocycles. The lowest BCUT2D eigenvalue weighted by Crippen LogP contribution is -2.47. The van der Waals surface area contributed by atoms with Gasteiger partial charge in [0, 0.05) is 75.3 Å². The number of nitrogens with one attached hydrogen (secondary N) is 3. The molecular formula is C23H31FN8. The second kappa shape index (κ2) is 10.9. The summed E-state index contributed by atoms with van der Waals surface area (Å²) < 4.78 is 13.4. The maximum Gasteiger partial charge on any atom is 0.225 e. The number of piperazine rings is 1. The van der Waals surface area contributed by atoms with Gasteiger partial charge in [0.05, 0.1) is 6.54 Å². The van der Waals surface area contributed by atoms with E-state index >= 15 is 0 Å². The number of aliphatic imine (C=N–C) groups is 1. The minimum atomic E-state index is -0.222. The van der Waals surface area contributed by atoms with E-state index in [2.05, 4.69) is 42.3 Å². The Bertz CT molecular complexity index is 1010. The number of halogens is 1. The number of aromatic amines is 1. The average molecular weight is 439 g/mol. The standard InChI is InChI=1S/C23H31FN8/c1-2-25-22(26-9-6-18-17-30-21-16-19(24)4-5-20(18)21)27-10-11-31-12-14-32(15-13-31)23-28-7-3-8-29-23/h3-5,7-8,16-17,30H,2,6,9-15H2,1H3,(H2,25,26,27). The van der Waals surface area contributed by atoms with Gasteiger partial charge >= 0.3 is 0 Å². The first-order chi connectivity index (χ1) is 15.7. The molecule has 1 aliphatic heterocycles. The summed E-state index contributed by atoms with van der Waals surface area (Å²) in [5, 5.41) is 7.79. The van der Waals surface area contributed by atoms with Crippen LogP contribution in [0.1, 0.15) is 12.5 Å². The van der Waals surface area contributed by atoms with E-state index in [1.54, 1.807) is 12.4 Å². The number of guanidine groups is 1. The fourth-order valence-corrected chi connectivity index (χ4v) is 3.95. The Hall–Kier alpha value is -3.20. The van der Waals surface area contributed by atoms with Crippen LogP contribution in [0.25, 0.3) is 10.9 Å². The van der Waals surface area contributed by atoms with E-state index in [1.807, 2.05) is 18.3 Å². The topological polar surface area (TPSA) is 84.5 Å². The Kier molecular flexibility index (Phi) is 7.50. The van der Waals surface area contributed by atoms with Gasteiger partial charge in [-0.05, 0) is 43.2 Å². The largest absolute Gasteiger partial charge is 0.361 e. The molecule has 32 heavy (non-hydrogen) atoms. The number of H-pyrrole nitrogens is 1. The maximum absolute atomic E-state index is 13.4. The van der Waals surface area contributed by atoms with Crippen molar-refractivity contribution in [1.82, 2.24) is 30.5 Å². The van der Waals surface area contributed by atoms with Crippen LogP contribution in [0.15, 0.2) is 47.8 Å². The Labute approximate surface area is 188 Å². The summed E-state index contributed by atoms with van der Waals surface area (Å²) in [6, 6.07) is 6.71. The third-order valence-corrected chi connectivity index (χ3v) is 5.65. The number of fused-ring (bicyclic) bond motifs is 1. The highest BCUT2D eigenvalue weighted by atomic mass is 19.1. The summed E-state index contributed by atoms with van der Waals surface area (Å²) >= 11 is 0. The van der Waals surface area contributed by atoms with Crippen LogP contribution in [-0.2, 0) is 6.42 Å². The minimum Gasteiger partial charge on any atom is -0.361 e. The van der Waals surface area contributed by atoms with E-state index in [0.717, 1.165) is 81.6 Å². The molecule has 0 aliphatic carbocycles. The first-order valence-corrected chi connectivity index (χ1v) is 11.2. The number of nitrogens with zero attached hydrogens (tertiary/aromatic N) is 5. The van der Waals surface area contributed by atoms with Crippen molar-refractivity contribution in [2.75, 3.05) is 57.3 Å². The predicted octanol–water partition coefficient (Wildman–Crippen LogP) is 2.02. The summed E-state index contributed by atoms with van der Waals surface area (Å²) in [5.41, 5.74) is 2.00. The number of aromatic nitrogens is 3. The molecule has 1 saturated heterocycles. The quantitative estimate of drug-likeness (QED) is 0.369. The van der Waals surface area contributed by atoms with E-state index in [9.17, 15) is 4.39 Å². The molecule has 0 bridgehead atoms. The van der Waals surface area contributed by atoms with Crippen molar-refractivity contribution in [3.8, 4) is 0 Å². The van der Waals surface area contributed by atoms with Crippen molar-refractivity contribution < 1.29 is 4.39 Å². The van der Waals surface area contributed by atoms with E-state index in [1.165, 1.54) is 17.7 Å². The lowest BCUT2D eigenvalue weighted by molar-refractivity contribution is 0.263. The van der Waals surface area contributed by atoms with Gasteiger partial charge in [-0.25, -0.2) is 14.4 Å². The first kappa shape index (κ1) is 22.0. The van der Waals surface area contributed by atoms with Crippen LogP contribution in [0.3, 0.4) is 0 Å². The van der Waals surface area contributed by atoms with Crippen molar-refractivity contribution in [1.29, 1.82) is 0 Å². The van der Waals surface area contributed by atoms with Crippen LogP contribution in [-0.4, -0.2) is 78.2 Å².